The number of benzene rings is 1. The molecule has 3 saturated heterocycles. The monoisotopic (exact) mass is 329 g/mol. The van der Waals surface area contributed by atoms with E-state index in [-0.39, 0.29) is 0 Å². The van der Waals surface area contributed by atoms with Crippen LogP contribution in [0.5, 0.6) is 5.75 Å². The van der Waals surface area contributed by atoms with Gasteiger partial charge >= 0.3 is 6.03 Å². The lowest BCUT2D eigenvalue weighted by Gasteiger charge is -2.36. The van der Waals surface area contributed by atoms with Gasteiger partial charge in [0.05, 0.1) is 13.2 Å². The minimum absolute atomic E-state index is 0.297. The van der Waals surface area contributed by atoms with E-state index in [1.165, 1.54) is 18.4 Å². The molecular weight excluding hydrogens is 302 g/mol. The van der Waals surface area contributed by atoms with Crippen LogP contribution in [-0.2, 0) is 6.54 Å². The van der Waals surface area contributed by atoms with E-state index >= 15 is 0 Å². The first-order valence-corrected chi connectivity index (χ1v) is 9.17. The second-order valence-corrected chi connectivity index (χ2v) is 7.28. The van der Waals surface area contributed by atoms with Crippen molar-refractivity contribution in [2.45, 2.75) is 44.3 Å². The summed E-state index contributed by atoms with van der Waals surface area (Å²) in [5.41, 5.74) is 1.33. The number of fused-ring (bicyclic) bond motifs is 1. The molecule has 0 N–H and O–H groups in total. The first kappa shape index (κ1) is 15.8. The van der Waals surface area contributed by atoms with Crippen LogP contribution in [0.3, 0.4) is 0 Å². The molecular formula is C19H27N3O2. The van der Waals surface area contributed by atoms with Crippen molar-refractivity contribution in [1.82, 2.24) is 14.7 Å². The second kappa shape index (κ2) is 6.63. The Morgan fingerprint density at radius 1 is 1.00 bits per heavy atom. The highest BCUT2D eigenvalue weighted by Gasteiger charge is 2.43. The molecule has 1 unspecified atom stereocenters. The zero-order valence-corrected chi connectivity index (χ0v) is 14.5. The van der Waals surface area contributed by atoms with Crippen LogP contribution in [0, 0.1) is 0 Å². The number of piperidine rings is 1. The Balaban J connectivity index is 1.29. The zero-order valence-electron chi connectivity index (χ0n) is 14.5. The smallest absolute Gasteiger partial charge is 0.320 e. The lowest BCUT2D eigenvalue weighted by molar-refractivity contribution is 0.126. The van der Waals surface area contributed by atoms with Crippen molar-refractivity contribution < 1.29 is 9.53 Å². The van der Waals surface area contributed by atoms with Crippen molar-refractivity contribution in [3.63, 3.8) is 0 Å². The number of likely N-dealkylation sites (tertiary alicyclic amines) is 1. The normalized spacial score (nSPS) is 25.4. The molecule has 0 radical (unpaired) electrons. The maximum absolute atomic E-state index is 12.5. The van der Waals surface area contributed by atoms with Gasteiger partial charge in [0.1, 0.15) is 5.75 Å². The summed E-state index contributed by atoms with van der Waals surface area (Å²) in [5.74, 6) is 0.908. The van der Waals surface area contributed by atoms with E-state index in [0.29, 0.717) is 18.1 Å². The summed E-state index contributed by atoms with van der Waals surface area (Å²) in [6.07, 6.45) is 4.58. The van der Waals surface area contributed by atoms with Gasteiger partial charge in [-0.25, -0.2) is 4.79 Å². The van der Waals surface area contributed by atoms with Gasteiger partial charge in [-0.2, -0.15) is 0 Å². The predicted molar refractivity (Wildman–Crippen MR) is 93.1 cm³/mol. The van der Waals surface area contributed by atoms with Crippen LogP contribution in [0.1, 0.15) is 31.2 Å². The average Bonchev–Trinajstić information content (AvgIpc) is 3.20. The number of methoxy groups -OCH3 is 1. The Hall–Kier alpha value is -1.75. The van der Waals surface area contributed by atoms with Gasteiger partial charge in [0.2, 0.25) is 0 Å². The summed E-state index contributed by atoms with van der Waals surface area (Å²) in [5, 5.41) is 0. The largest absolute Gasteiger partial charge is 0.497 e. The number of hydrogen-bond acceptors (Lipinski definition) is 3. The van der Waals surface area contributed by atoms with Crippen LogP contribution in [0.15, 0.2) is 24.3 Å². The highest BCUT2D eigenvalue weighted by atomic mass is 16.5. The Labute approximate surface area is 144 Å². The molecule has 0 saturated carbocycles. The summed E-state index contributed by atoms with van der Waals surface area (Å²) in [6.45, 7) is 5.06. The number of nitrogens with zero attached hydrogens (tertiary/aromatic N) is 3. The predicted octanol–water partition coefficient (Wildman–Crippen LogP) is 2.56. The Morgan fingerprint density at radius 2 is 1.75 bits per heavy atom. The topological polar surface area (TPSA) is 36.0 Å². The van der Waals surface area contributed by atoms with Crippen molar-refractivity contribution in [2.75, 3.05) is 33.3 Å². The third-order valence-electron chi connectivity index (χ3n) is 5.84. The quantitative estimate of drug-likeness (QED) is 0.852. The third kappa shape index (κ3) is 2.97. The maximum atomic E-state index is 12.5. The van der Waals surface area contributed by atoms with E-state index in [1.54, 1.807) is 7.11 Å². The van der Waals surface area contributed by atoms with Gasteiger partial charge in [-0.1, -0.05) is 12.1 Å². The first-order valence-electron chi connectivity index (χ1n) is 9.17. The molecule has 4 rings (SSSR count). The first-order chi connectivity index (χ1) is 11.7. The van der Waals surface area contributed by atoms with E-state index < -0.39 is 0 Å². The number of carbonyl (C=O) groups excluding carboxylic acids is 1. The van der Waals surface area contributed by atoms with Crippen LogP contribution in [-0.4, -0.2) is 66.1 Å². The van der Waals surface area contributed by atoms with Gasteiger partial charge in [0.25, 0.3) is 0 Å². The lowest BCUT2D eigenvalue weighted by Crippen LogP contribution is -2.46. The molecule has 5 heteroatoms. The summed E-state index contributed by atoms with van der Waals surface area (Å²) in [6, 6.07) is 9.57. The molecule has 3 aliphatic heterocycles. The summed E-state index contributed by atoms with van der Waals surface area (Å²) >= 11 is 0. The van der Waals surface area contributed by atoms with Gasteiger partial charge in [0, 0.05) is 38.8 Å². The van der Waals surface area contributed by atoms with Crippen LogP contribution < -0.4 is 4.74 Å². The Kier molecular flexibility index (Phi) is 4.35. The van der Waals surface area contributed by atoms with Crippen LogP contribution in [0.2, 0.25) is 0 Å². The summed E-state index contributed by atoms with van der Waals surface area (Å²) in [4.78, 5) is 19.3. The number of urea groups is 1. The molecule has 3 heterocycles. The molecule has 0 bridgehead atoms. The van der Waals surface area contributed by atoms with E-state index in [2.05, 4.69) is 26.8 Å². The fraction of sp³-hybridized carbons (Fsp3) is 0.632. The minimum Gasteiger partial charge on any atom is -0.497 e. The van der Waals surface area contributed by atoms with Gasteiger partial charge in [0.15, 0.2) is 0 Å². The standard InChI is InChI=1S/C19H27N3O2/c1-24-18-6-4-15(5-7-18)13-20-11-8-16(9-12-20)22-14-17-3-2-10-21(17)19(22)23/h4-7,16-17H,2-3,8-14H2,1H3. The molecule has 5 nitrogen and oxygen atoms in total. The van der Waals surface area contributed by atoms with E-state index in [9.17, 15) is 4.79 Å². The lowest BCUT2D eigenvalue weighted by atomic mass is 10.0. The Bertz CT molecular complexity index is 581. The molecule has 0 spiro atoms. The van der Waals surface area contributed by atoms with Gasteiger partial charge in [-0.05, 0) is 43.4 Å². The van der Waals surface area contributed by atoms with Crippen molar-refractivity contribution in [3.05, 3.63) is 29.8 Å². The second-order valence-electron chi connectivity index (χ2n) is 7.28. The van der Waals surface area contributed by atoms with Crippen LogP contribution >= 0.6 is 0 Å². The summed E-state index contributed by atoms with van der Waals surface area (Å²) < 4.78 is 5.22. The van der Waals surface area contributed by atoms with Gasteiger partial charge < -0.3 is 14.5 Å². The van der Waals surface area contributed by atoms with Crippen molar-refractivity contribution in [3.8, 4) is 5.75 Å². The third-order valence-corrected chi connectivity index (χ3v) is 5.84. The van der Waals surface area contributed by atoms with Crippen molar-refractivity contribution in [2.24, 2.45) is 0 Å². The highest BCUT2D eigenvalue weighted by Crippen LogP contribution is 2.30. The highest BCUT2D eigenvalue weighted by molar-refractivity contribution is 5.78. The fourth-order valence-electron chi connectivity index (χ4n) is 4.43. The number of rotatable bonds is 4. The molecule has 3 aliphatic rings. The molecule has 1 aromatic carbocycles. The number of carbonyl (C=O) groups is 1. The molecule has 1 atom stereocenters. The Morgan fingerprint density at radius 3 is 2.42 bits per heavy atom. The van der Waals surface area contributed by atoms with Crippen LogP contribution in [0.4, 0.5) is 4.79 Å². The molecule has 0 aliphatic carbocycles. The molecule has 2 amide bonds. The molecule has 24 heavy (non-hydrogen) atoms. The minimum atomic E-state index is 0.297. The average molecular weight is 329 g/mol. The van der Waals surface area contributed by atoms with Crippen molar-refractivity contribution >= 4 is 6.03 Å². The number of ether oxygens (including phenoxy) is 1. The van der Waals surface area contributed by atoms with Crippen LogP contribution in [0.25, 0.3) is 0 Å². The SMILES string of the molecule is COc1ccc(CN2CCC(N3CC4CCCN4C3=O)CC2)cc1. The molecule has 1 aromatic rings. The zero-order chi connectivity index (χ0) is 16.5. The van der Waals surface area contributed by atoms with E-state index in [1.807, 2.05) is 12.1 Å². The summed E-state index contributed by atoms with van der Waals surface area (Å²) in [7, 11) is 1.70. The van der Waals surface area contributed by atoms with E-state index in [0.717, 1.165) is 51.3 Å². The molecule has 0 aromatic heterocycles. The number of hydrogen-bond donors (Lipinski definition) is 0. The maximum Gasteiger partial charge on any atom is 0.320 e. The van der Waals surface area contributed by atoms with Gasteiger partial charge in [-0.15, -0.1) is 0 Å². The molecule has 3 fully saturated rings. The van der Waals surface area contributed by atoms with E-state index in [4.69, 9.17) is 4.74 Å². The van der Waals surface area contributed by atoms with Gasteiger partial charge in [-0.3, -0.25) is 4.90 Å². The fourth-order valence-corrected chi connectivity index (χ4v) is 4.43. The van der Waals surface area contributed by atoms with Crippen molar-refractivity contribution in [1.29, 1.82) is 0 Å². The molecule has 130 valence electrons. The number of amides is 2.